The van der Waals surface area contributed by atoms with E-state index in [1.165, 1.54) is 0 Å². The molecule has 0 fully saturated rings. The largest absolute Gasteiger partial charge is 0.456 e. The summed E-state index contributed by atoms with van der Waals surface area (Å²) >= 11 is 0. The van der Waals surface area contributed by atoms with Gasteiger partial charge in [-0.1, -0.05) is 133 Å². The molecule has 0 spiro atoms. The number of nitrogens with zero attached hydrogens (tertiary/aromatic N) is 3. The maximum atomic E-state index is 6.40. The van der Waals surface area contributed by atoms with Gasteiger partial charge in [0.25, 0.3) is 0 Å². The highest BCUT2D eigenvalue weighted by Gasteiger charge is 2.18. The summed E-state index contributed by atoms with van der Waals surface area (Å²) in [5, 5.41) is 4.31. The van der Waals surface area contributed by atoms with Crippen LogP contribution in [0.2, 0.25) is 0 Å². The average Bonchev–Trinajstić information content (AvgIpc) is 3.76. The maximum absolute atomic E-state index is 6.40. The Hall–Kier alpha value is -6.85. The van der Waals surface area contributed by atoms with Crippen LogP contribution in [0.1, 0.15) is 0 Å². The van der Waals surface area contributed by atoms with E-state index < -0.39 is 0 Å². The quantitative estimate of drug-likeness (QED) is 0.187. The van der Waals surface area contributed by atoms with E-state index >= 15 is 0 Å². The fourth-order valence-corrected chi connectivity index (χ4v) is 6.84. The van der Waals surface area contributed by atoms with Crippen LogP contribution in [0.4, 0.5) is 0 Å². The molecule has 50 heavy (non-hydrogen) atoms. The van der Waals surface area contributed by atoms with Gasteiger partial charge in [-0.25, -0.2) is 15.0 Å². The van der Waals surface area contributed by atoms with Crippen molar-refractivity contribution in [1.82, 2.24) is 15.0 Å². The molecule has 5 heteroatoms. The lowest BCUT2D eigenvalue weighted by Crippen LogP contribution is -2.00. The van der Waals surface area contributed by atoms with Gasteiger partial charge in [0.2, 0.25) is 0 Å². The molecule has 10 rings (SSSR count). The average molecular weight is 642 g/mol. The molecule has 0 aliphatic rings. The van der Waals surface area contributed by atoms with Crippen molar-refractivity contribution in [3.05, 3.63) is 164 Å². The third-order valence-corrected chi connectivity index (χ3v) is 9.38. The molecular weight excluding hydrogens is 615 g/mol. The normalized spacial score (nSPS) is 11.6. The van der Waals surface area contributed by atoms with Crippen molar-refractivity contribution < 1.29 is 8.83 Å². The van der Waals surface area contributed by atoms with Crippen LogP contribution in [0, 0.1) is 0 Å². The van der Waals surface area contributed by atoms with Gasteiger partial charge < -0.3 is 8.83 Å². The second-order valence-electron chi connectivity index (χ2n) is 12.4. The Morgan fingerprint density at radius 1 is 0.300 bits per heavy atom. The minimum absolute atomic E-state index is 0.558. The first-order valence-electron chi connectivity index (χ1n) is 16.6. The van der Waals surface area contributed by atoms with Gasteiger partial charge in [-0.3, -0.25) is 0 Å². The van der Waals surface area contributed by atoms with Crippen LogP contribution in [-0.2, 0) is 0 Å². The molecule has 0 aliphatic heterocycles. The molecule has 7 aromatic carbocycles. The molecule has 3 aromatic heterocycles. The van der Waals surface area contributed by atoms with Gasteiger partial charge in [-0.2, -0.15) is 0 Å². The van der Waals surface area contributed by atoms with Crippen molar-refractivity contribution in [2.75, 3.05) is 0 Å². The van der Waals surface area contributed by atoms with Crippen LogP contribution in [0.5, 0.6) is 0 Å². The first-order valence-corrected chi connectivity index (χ1v) is 16.6. The Labute approximate surface area is 287 Å². The van der Waals surface area contributed by atoms with E-state index in [0.717, 1.165) is 82.8 Å². The molecule has 10 aromatic rings. The molecule has 5 nitrogen and oxygen atoms in total. The number of furan rings is 2. The Morgan fingerprint density at radius 2 is 0.780 bits per heavy atom. The number of para-hydroxylation sites is 3. The summed E-state index contributed by atoms with van der Waals surface area (Å²) in [5.41, 5.74) is 10.5. The fourth-order valence-electron chi connectivity index (χ4n) is 6.84. The van der Waals surface area contributed by atoms with Gasteiger partial charge in [0.1, 0.15) is 22.3 Å². The lowest BCUT2D eigenvalue weighted by Gasteiger charge is -2.10. The minimum atomic E-state index is 0.558. The van der Waals surface area contributed by atoms with Crippen LogP contribution >= 0.6 is 0 Å². The number of rotatable bonds is 5. The Kier molecular flexibility index (Phi) is 6.42. The van der Waals surface area contributed by atoms with Crippen molar-refractivity contribution >= 4 is 43.9 Å². The van der Waals surface area contributed by atoms with Gasteiger partial charge in [-0.05, 0) is 52.6 Å². The van der Waals surface area contributed by atoms with E-state index in [2.05, 4.69) is 103 Å². The highest BCUT2D eigenvalue weighted by molar-refractivity contribution is 6.09. The molecule has 0 unspecified atom stereocenters. The highest BCUT2D eigenvalue weighted by Crippen LogP contribution is 2.37. The zero-order valence-electron chi connectivity index (χ0n) is 26.7. The molecule has 0 N–H and O–H groups in total. The number of hydrogen-bond acceptors (Lipinski definition) is 5. The smallest absolute Gasteiger partial charge is 0.167 e. The van der Waals surface area contributed by atoms with Crippen LogP contribution in [-0.4, -0.2) is 15.0 Å². The summed E-state index contributed by atoms with van der Waals surface area (Å²) < 4.78 is 12.5. The van der Waals surface area contributed by atoms with E-state index in [4.69, 9.17) is 23.8 Å². The fraction of sp³-hybridized carbons (Fsp3) is 0. The van der Waals surface area contributed by atoms with E-state index in [0.29, 0.717) is 17.5 Å². The summed E-state index contributed by atoms with van der Waals surface area (Å²) in [6, 6.07) is 55.9. The van der Waals surface area contributed by atoms with Crippen molar-refractivity contribution in [3.63, 3.8) is 0 Å². The second-order valence-corrected chi connectivity index (χ2v) is 12.4. The predicted octanol–water partition coefficient (Wildman–Crippen LogP) is 12.0. The van der Waals surface area contributed by atoms with Crippen molar-refractivity contribution in [3.8, 4) is 56.4 Å². The first kappa shape index (κ1) is 28.2. The molecule has 0 aliphatic carbocycles. The Morgan fingerprint density at radius 3 is 1.48 bits per heavy atom. The third kappa shape index (κ3) is 4.75. The maximum Gasteiger partial charge on any atom is 0.167 e. The standard InChI is InChI=1S/C45H27N3O2/c1-2-9-28(10-3-1)29-17-21-31(22-18-29)43-46-44(48-45(47-43)37-14-8-13-36-34-11-4-7-16-40(34)50-42(36)37)32-23-19-30(20-24-32)33-25-26-41-38(27-33)35-12-5-6-15-39(35)49-41/h1-27H. The number of benzene rings is 7. The summed E-state index contributed by atoms with van der Waals surface area (Å²) in [7, 11) is 0. The SMILES string of the molecule is c1ccc(-c2ccc(-c3nc(-c4ccc(-c5ccc6oc7ccccc7c6c5)cc4)nc(-c4cccc5c4oc4ccccc45)n3)cc2)cc1. The second kappa shape index (κ2) is 11.4. The van der Waals surface area contributed by atoms with Gasteiger partial charge in [-0.15, -0.1) is 0 Å². The van der Waals surface area contributed by atoms with Crippen LogP contribution in [0.15, 0.2) is 173 Å². The Balaban J connectivity index is 1.09. The van der Waals surface area contributed by atoms with Gasteiger partial charge in [0.05, 0.1) is 5.56 Å². The van der Waals surface area contributed by atoms with Gasteiger partial charge >= 0.3 is 0 Å². The van der Waals surface area contributed by atoms with E-state index in [-0.39, 0.29) is 0 Å². The molecule has 0 radical (unpaired) electrons. The molecule has 0 saturated carbocycles. The molecule has 3 heterocycles. The third-order valence-electron chi connectivity index (χ3n) is 9.38. The molecule has 0 atom stereocenters. The van der Waals surface area contributed by atoms with E-state index in [9.17, 15) is 0 Å². The summed E-state index contributed by atoms with van der Waals surface area (Å²) in [5.74, 6) is 1.75. The van der Waals surface area contributed by atoms with Crippen molar-refractivity contribution in [2.45, 2.75) is 0 Å². The zero-order chi connectivity index (χ0) is 33.0. The highest BCUT2D eigenvalue weighted by atomic mass is 16.3. The lowest BCUT2D eigenvalue weighted by molar-refractivity contribution is 0.669. The van der Waals surface area contributed by atoms with Crippen LogP contribution in [0.25, 0.3) is 100 Å². The van der Waals surface area contributed by atoms with Crippen molar-refractivity contribution in [1.29, 1.82) is 0 Å². The molecular formula is C45H27N3O2. The minimum Gasteiger partial charge on any atom is -0.456 e. The molecule has 0 bridgehead atoms. The summed E-state index contributed by atoms with van der Waals surface area (Å²) in [6.45, 7) is 0. The summed E-state index contributed by atoms with van der Waals surface area (Å²) in [4.78, 5) is 15.1. The topological polar surface area (TPSA) is 65.0 Å². The number of fused-ring (bicyclic) bond motifs is 6. The number of aromatic nitrogens is 3. The molecule has 234 valence electrons. The van der Waals surface area contributed by atoms with E-state index in [1.807, 2.05) is 60.7 Å². The van der Waals surface area contributed by atoms with Crippen LogP contribution < -0.4 is 0 Å². The van der Waals surface area contributed by atoms with E-state index in [1.54, 1.807) is 0 Å². The van der Waals surface area contributed by atoms with Gasteiger partial charge in [0, 0.05) is 32.7 Å². The molecule has 0 amide bonds. The lowest BCUT2D eigenvalue weighted by atomic mass is 10.0. The monoisotopic (exact) mass is 641 g/mol. The predicted molar refractivity (Wildman–Crippen MR) is 202 cm³/mol. The summed E-state index contributed by atoms with van der Waals surface area (Å²) in [6.07, 6.45) is 0. The zero-order valence-corrected chi connectivity index (χ0v) is 26.7. The Bertz CT molecular complexity index is 2850. The van der Waals surface area contributed by atoms with Crippen molar-refractivity contribution in [2.24, 2.45) is 0 Å². The van der Waals surface area contributed by atoms with Crippen LogP contribution in [0.3, 0.4) is 0 Å². The molecule has 0 saturated heterocycles. The first-order chi connectivity index (χ1) is 24.7. The number of hydrogen-bond donors (Lipinski definition) is 0. The van der Waals surface area contributed by atoms with Gasteiger partial charge in [0.15, 0.2) is 17.5 Å².